The third-order valence-electron chi connectivity index (χ3n) is 2.20. The number of carbonyl (C=O) groups is 1. The van der Waals surface area contributed by atoms with Gasteiger partial charge >= 0.3 is 0 Å². The normalized spacial score (nSPS) is 24.2. The topological polar surface area (TPSA) is 32.3 Å². The van der Waals surface area contributed by atoms with Gasteiger partial charge in [0, 0.05) is 19.6 Å². The molecule has 3 nitrogen and oxygen atoms in total. The first-order chi connectivity index (χ1) is 6.24. The van der Waals surface area contributed by atoms with E-state index in [2.05, 4.69) is 12.2 Å². The van der Waals surface area contributed by atoms with Crippen molar-refractivity contribution in [3.63, 3.8) is 0 Å². The van der Waals surface area contributed by atoms with Crippen molar-refractivity contribution < 1.29 is 4.79 Å². The van der Waals surface area contributed by atoms with Crippen molar-refractivity contribution in [2.24, 2.45) is 5.92 Å². The minimum absolute atomic E-state index is 0.281. The molecule has 13 heavy (non-hydrogen) atoms. The van der Waals surface area contributed by atoms with E-state index in [4.69, 9.17) is 0 Å². The van der Waals surface area contributed by atoms with Gasteiger partial charge in [-0.3, -0.25) is 4.79 Å². The maximum absolute atomic E-state index is 11.6. The molecule has 0 aliphatic carbocycles. The van der Waals surface area contributed by atoms with Crippen LogP contribution in [-0.4, -0.2) is 49.0 Å². The van der Waals surface area contributed by atoms with E-state index in [9.17, 15) is 4.79 Å². The van der Waals surface area contributed by atoms with Crippen LogP contribution in [0.1, 0.15) is 6.92 Å². The van der Waals surface area contributed by atoms with Crippen molar-refractivity contribution in [1.29, 1.82) is 0 Å². The molecule has 0 spiro atoms. The molecule has 0 radical (unpaired) electrons. The van der Waals surface area contributed by atoms with Crippen LogP contribution in [-0.2, 0) is 4.79 Å². The Morgan fingerprint density at radius 1 is 1.69 bits per heavy atom. The number of amides is 1. The molecule has 1 atom stereocenters. The van der Waals surface area contributed by atoms with E-state index < -0.39 is 0 Å². The second-order valence-electron chi connectivity index (χ2n) is 3.58. The summed E-state index contributed by atoms with van der Waals surface area (Å²) >= 11 is 1.60. The monoisotopic (exact) mass is 202 g/mol. The summed E-state index contributed by atoms with van der Waals surface area (Å²) in [6.07, 6.45) is 1.97. The first kappa shape index (κ1) is 10.9. The van der Waals surface area contributed by atoms with Gasteiger partial charge in [-0.2, -0.15) is 11.8 Å². The third kappa shape index (κ3) is 3.56. The van der Waals surface area contributed by atoms with Crippen molar-refractivity contribution in [3.05, 3.63) is 0 Å². The van der Waals surface area contributed by atoms with Gasteiger partial charge in [-0.05, 0) is 18.7 Å². The van der Waals surface area contributed by atoms with Crippen molar-refractivity contribution in [2.45, 2.75) is 6.92 Å². The van der Waals surface area contributed by atoms with Crippen LogP contribution >= 0.6 is 11.8 Å². The van der Waals surface area contributed by atoms with E-state index in [1.807, 2.05) is 11.2 Å². The predicted octanol–water partition coefficient (Wildman–Crippen LogP) is 0.417. The Bertz CT molecular complexity index is 175. The number of hydrogen-bond acceptors (Lipinski definition) is 3. The Morgan fingerprint density at radius 2 is 2.46 bits per heavy atom. The van der Waals surface area contributed by atoms with Crippen LogP contribution in [0, 0.1) is 5.92 Å². The first-order valence-electron chi connectivity index (χ1n) is 4.71. The van der Waals surface area contributed by atoms with Crippen LogP contribution < -0.4 is 5.32 Å². The second-order valence-corrected chi connectivity index (χ2v) is 4.45. The van der Waals surface area contributed by atoms with Gasteiger partial charge in [0.25, 0.3) is 0 Å². The third-order valence-corrected chi connectivity index (χ3v) is 2.74. The fraction of sp³-hybridized carbons (Fsp3) is 0.889. The Hall–Kier alpha value is -0.220. The lowest BCUT2D eigenvalue weighted by Gasteiger charge is -2.21. The van der Waals surface area contributed by atoms with Gasteiger partial charge in [0.15, 0.2) is 0 Å². The van der Waals surface area contributed by atoms with Gasteiger partial charge in [0.05, 0.1) is 5.75 Å². The van der Waals surface area contributed by atoms with Crippen LogP contribution in [0.25, 0.3) is 0 Å². The minimum atomic E-state index is 0.281. The molecule has 0 aromatic heterocycles. The average Bonchev–Trinajstić information content (AvgIpc) is 2.30. The van der Waals surface area contributed by atoms with Gasteiger partial charge in [0.1, 0.15) is 0 Å². The number of nitrogens with zero attached hydrogens (tertiary/aromatic N) is 1. The van der Waals surface area contributed by atoms with E-state index in [-0.39, 0.29) is 5.91 Å². The number of thioether (sulfide) groups is 1. The highest BCUT2D eigenvalue weighted by Crippen LogP contribution is 2.05. The molecule has 0 saturated carbocycles. The summed E-state index contributed by atoms with van der Waals surface area (Å²) < 4.78 is 0. The van der Waals surface area contributed by atoms with Crippen LogP contribution in [0.5, 0.6) is 0 Å². The second kappa shape index (κ2) is 5.50. The summed E-state index contributed by atoms with van der Waals surface area (Å²) in [7, 11) is 0. The average molecular weight is 202 g/mol. The van der Waals surface area contributed by atoms with Crippen molar-refractivity contribution >= 4 is 17.7 Å². The standard InChI is InChI=1S/C9H18N2OS/c1-8-5-10-3-4-11(6-8)9(12)7-13-2/h8,10H,3-7H2,1-2H3. The fourth-order valence-electron chi connectivity index (χ4n) is 1.54. The maximum atomic E-state index is 11.6. The van der Waals surface area contributed by atoms with Gasteiger partial charge < -0.3 is 10.2 Å². The van der Waals surface area contributed by atoms with E-state index >= 15 is 0 Å². The molecule has 0 bridgehead atoms. The molecular weight excluding hydrogens is 184 g/mol. The summed E-state index contributed by atoms with van der Waals surface area (Å²) in [5.41, 5.74) is 0. The van der Waals surface area contributed by atoms with Crippen LogP contribution in [0.4, 0.5) is 0 Å². The molecule has 4 heteroatoms. The molecule has 1 heterocycles. The van der Waals surface area contributed by atoms with Gasteiger partial charge in [0.2, 0.25) is 5.91 Å². The van der Waals surface area contributed by atoms with Gasteiger partial charge in [-0.25, -0.2) is 0 Å². The maximum Gasteiger partial charge on any atom is 0.232 e. The zero-order valence-corrected chi connectivity index (χ0v) is 9.19. The predicted molar refractivity (Wildman–Crippen MR) is 57.0 cm³/mol. The zero-order chi connectivity index (χ0) is 9.68. The minimum Gasteiger partial charge on any atom is -0.340 e. The SMILES string of the molecule is CSCC(=O)N1CCNCC(C)C1. The quantitative estimate of drug-likeness (QED) is 0.704. The van der Waals surface area contributed by atoms with E-state index in [1.54, 1.807) is 11.8 Å². The summed E-state index contributed by atoms with van der Waals surface area (Å²) in [6.45, 7) is 5.92. The molecule has 1 aliphatic rings. The van der Waals surface area contributed by atoms with Crippen molar-refractivity contribution in [3.8, 4) is 0 Å². The highest BCUT2D eigenvalue weighted by atomic mass is 32.2. The smallest absolute Gasteiger partial charge is 0.232 e. The number of hydrogen-bond donors (Lipinski definition) is 1. The molecule has 1 saturated heterocycles. The fourth-order valence-corrected chi connectivity index (χ4v) is 1.97. The zero-order valence-electron chi connectivity index (χ0n) is 8.38. The summed E-state index contributed by atoms with van der Waals surface area (Å²) in [5, 5.41) is 3.32. The molecular formula is C9H18N2OS. The molecule has 1 N–H and O–H groups in total. The molecule has 0 aromatic rings. The van der Waals surface area contributed by atoms with Gasteiger partial charge in [-0.15, -0.1) is 0 Å². The van der Waals surface area contributed by atoms with Crippen LogP contribution in [0.2, 0.25) is 0 Å². The molecule has 0 aromatic carbocycles. The summed E-state index contributed by atoms with van der Waals surface area (Å²) in [4.78, 5) is 13.5. The molecule has 76 valence electrons. The highest BCUT2D eigenvalue weighted by molar-refractivity contribution is 7.99. The van der Waals surface area contributed by atoms with Gasteiger partial charge in [-0.1, -0.05) is 6.92 Å². The molecule has 1 unspecified atom stereocenters. The number of nitrogens with one attached hydrogen (secondary N) is 1. The van der Waals surface area contributed by atoms with E-state index in [0.717, 1.165) is 26.2 Å². The highest BCUT2D eigenvalue weighted by Gasteiger charge is 2.18. The lowest BCUT2D eigenvalue weighted by atomic mass is 10.2. The van der Waals surface area contributed by atoms with Crippen molar-refractivity contribution in [1.82, 2.24) is 10.2 Å². The summed E-state index contributed by atoms with van der Waals surface area (Å²) in [6, 6.07) is 0. The molecule has 1 fully saturated rings. The van der Waals surface area contributed by atoms with E-state index in [1.165, 1.54) is 0 Å². The van der Waals surface area contributed by atoms with Crippen LogP contribution in [0.3, 0.4) is 0 Å². The van der Waals surface area contributed by atoms with E-state index in [0.29, 0.717) is 11.7 Å². The molecule has 1 rings (SSSR count). The van der Waals surface area contributed by atoms with Crippen molar-refractivity contribution in [2.75, 3.05) is 38.2 Å². The Balaban J connectivity index is 2.42. The number of rotatable bonds is 2. The molecule has 1 aliphatic heterocycles. The summed E-state index contributed by atoms with van der Waals surface area (Å²) in [5.74, 6) is 1.48. The molecule has 1 amide bonds. The number of carbonyl (C=O) groups excluding carboxylic acids is 1. The first-order valence-corrected chi connectivity index (χ1v) is 6.11. The Kier molecular flexibility index (Phi) is 4.59. The Labute approximate surface area is 84.2 Å². The van der Waals surface area contributed by atoms with Crippen LogP contribution in [0.15, 0.2) is 0 Å². The lowest BCUT2D eigenvalue weighted by molar-refractivity contribution is -0.128. The Morgan fingerprint density at radius 3 is 3.15 bits per heavy atom. The largest absolute Gasteiger partial charge is 0.340 e. The lowest BCUT2D eigenvalue weighted by Crippen LogP contribution is -2.36.